The Morgan fingerprint density at radius 2 is 0.948 bits per heavy atom. The van der Waals surface area contributed by atoms with Gasteiger partial charge in [0.2, 0.25) is 5.91 Å². The number of carbonyl (C=O) groups is 2. The van der Waals surface area contributed by atoms with Gasteiger partial charge in [0, 0.05) is 6.42 Å². The molecule has 1 aliphatic heterocycles. The molecule has 0 saturated carbocycles. The van der Waals surface area contributed by atoms with E-state index in [9.17, 15) is 35.1 Å². The SMILES string of the molecule is CC/C=C\C/C=C\C/C=C\C/C=C\C/C=C\CCCCCCCCCCCC(=O)OC1C(OCC(NC(=O)C(O)CCCCCC/C=C\CCCC)C(O)/C=C/CCCCCCCCCCCCC)OC(CO)C(O)C1O. The second kappa shape index (κ2) is 53.5. The number of carbonyl (C=O) groups excluding carboxylic acids is 2. The number of unbranched alkanes of at least 4 members (excludes halogenated alkanes) is 26. The molecule has 0 aromatic carbocycles. The Kier molecular flexibility index (Phi) is 49.9. The van der Waals surface area contributed by atoms with Crippen LogP contribution in [0.15, 0.2) is 85.1 Å². The summed E-state index contributed by atoms with van der Waals surface area (Å²) in [6.45, 7) is 5.62. The maximum atomic E-state index is 13.4. The molecular weight excluding hydrogens is 967 g/mol. The first kappa shape index (κ1) is 71.9. The minimum absolute atomic E-state index is 0.112. The van der Waals surface area contributed by atoms with Crippen LogP contribution in [0.4, 0.5) is 0 Å². The number of hydrogen-bond acceptors (Lipinski definition) is 10. The molecule has 1 heterocycles. The standard InChI is InChI=1S/C66H115NO10/c1-4-7-10-13-16-19-22-24-25-26-27-28-29-30-31-32-33-34-35-37-39-42-45-48-51-54-61(71)77-64-63(73)62(72)60(55-68)76-66(64)75-56-57(58(69)52-49-46-43-41-38-36-23-20-17-14-11-8-5-2)67-65(74)59(70)53-50-47-44-40-21-18-15-12-9-6-3/h7,10,15-16,18-19,24-25,27-28,30-31,49,52,57-60,62-64,66,68-70,72-73H,4-6,8-9,11-14,17,20-23,26,29,32-48,50-51,53-56H2,1-3H3,(H,67,74)/b10-7-,18-15-,19-16-,25-24-,28-27-,31-30-,52-49+. The van der Waals surface area contributed by atoms with Crippen molar-refractivity contribution in [3.8, 4) is 0 Å². The van der Waals surface area contributed by atoms with Gasteiger partial charge in [-0.15, -0.1) is 0 Å². The number of hydrogen-bond donors (Lipinski definition) is 6. The molecule has 11 heteroatoms. The summed E-state index contributed by atoms with van der Waals surface area (Å²) >= 11 is 0. The van der Waals surface area contributed by atoms with Crippen LogP contribution in [-0.4, -0.2) is 99.6 Å². The lowest BCUT2D eigenvalue weighted by Gasteiger charge is -2.41. The molecule has 6 N–H and O–H groups in total. The normalized spacial score (nSPS) is 19.6. The Morgan fingerprint density at radius 1 is 0.519 bits per heavy atom. The molecule has 0 aliphatic carbocycles. The van der Waals surface area contributed by atoms with Gasteiger partial charge >= 0.3 is 5.97 Å². The van der Waals surface area contributed by atoms with Gasteiger partial charge in [-0.2, -0.15) is 0 Å². The minimum atomic E-state index is -1.62. The molecule has 8 atom stereocenters. The average molecular weight is 1080 g/mol. The summed E-state index contributed by atoms with van der Waals surface area (Å²) in [7, 11) is 0. The van der Waals surface area contributed by atoms with E-state index in [2.05, 4.69) is 99.0 Å². The zero-order chi connectivity index (χ0) is 56.1. The van der Waals surface area contributed by atoms with Gasteiger partial charge in [-0.3, -0.25) is 9.59 Å². The molecule has 0 radical (unpaired) electrons. The minimum Gasteiger partial charge on any atom is -0.454 e. The van der Waals surface area contributed by atoms with E-state index in [0.29, 0.717) is 12.8 Å². The summed E-state index contributed by atoms with van der Waals surface area (Å²) in [5.74, 6) is -1.21. The van der Waals surface area contributed by atoms with Crippen LogP contribution >= 0.6 is 0 Å². The second-order valence-electron chi connectivity index (χ2n) is 21.4. The summed E-state index contributed by atoms with van der Waals surface area (Å²) in [6, 6.07) is -1.03. The molecule has 1 fully saturated rings. The van der Waals surface area contributed by atoms with Gasteiger partial charge in [0.1, 0.15) is 24.4 Å². The first-order valence-corrected chi connectivity index (χ1v) is 31.4. The van der Waals surface area contributed by atoms with Crippen LogP contribution in [0, 0.1) is 0 Å². The first-order valence-electron chi connectivity index (χ1n) is 31.4. The van der Waals surface area contributed by atoms with Crippen molar-refractivity contribution in [3.63, 3.8) is 0 Å². The van der Waals surface area contributed by atoms with Crippen LogP contribution in [-0.2, 0) is 23.8 Å². The number of amides is 1. The molecular formula is C66H115NO10. The van der Waals surface area contributed by atoms with Gasteiger partial charge in [-0.05, 0) is 89.9 Å². The van der Waals surface area contributed by atoms with Crippen molar-refractivity contribution in [2.24, 2.45) is 0 Å². The first-order chi connectivity index (χ1) is 37.7. The van der Waals surface area contributed by atoms with Gasteiger partial charge in [0.15, 0.2) is 12.4 Å². The third-order valence-corrected chi connectivity index (χ3v) is 14.3. The molecule has 1 rings (SSSR count). The Labute approximate surface area is 470 Å². The van der Waals surface area contributed by atoms with Gasteiger partial charge in [-0.25, -0.2) is 0 Å². The fourth-order valence-corrected chi connectivity index (χ4v) is 9.31. The Balaban J connectivity index is 2.60. The number of rotatable bonds is 52. The third-order valence-electron chi connectivity index (χ3n) is 14.3. The van der Waals surface area contributed by atoms with Crippen molar-refractivity contribution in [2.45, 2.75) is 307 Å². The lowest BCUT2D eigenvalue weighted by molar-refractivity contribution is -0.305. The summed E-state index contributed by atoms with van der Waals surface area (Å²) in [6.07, 6.45) is 59.2. The smallest absolute Gasteiger partial charge is 0.306 e. The highest BCUT2D eigenvalue weighted by Crippen LogP contribution is 2.26. The molecule has 0 aromatic heterocycles. The van der Waals surface area contributed by atoms with Crippen molar-refractivity contribution >= 4 is 11.9 Å². The fraction of sp³-hybridized carbons (Fsp3) is 0.758. The molecule has 0 aromatic rings. The monoisotopic (exact) mass is 1080 g/mol. The summed E-state index contributed by atoms with van der Waals surface area (Å²) < 4.78 is 17.6. The predicted octanol–water partition coefficient (Wildman–Crippen LogP) is 14.9. The Morgan fingerprint density at radius 3 is 1.45 bits per heavy atom. The van der Waals surface area contributed by atoms with E-state index in [0.717, 1.165) is 116 Å². The van der Waals surface area contributed by atoms with Crippen LogP contribution in [0.5, 0.6) is 0 Å². The molecule has 0 spiro atoms. The van der Waals surface area contributed by atoms with Crippen LogP contribution < -0.4 is 5.32 Å². The van der Waals surface area contributed by atoms with Crippen molar-refractivity contribution in [2.75, 3.05) is 13.2 Å². The van der Waals surface area contributed by atoms with Crippen LogP contribution in [0.25, 0.3) is 0 Å². The van der Waals surface area contributed by atoms with Crippen LogP contribution in [0.3, 0.4) is 0 Å². The predicted molar refractivity (Wildman–Crippen MR) is 319 cm³/mol. The number of allylic oxidation sites excluding steroid dienone is 13. The van der Waals surface area contributed by atoms with Crippen LogP contribution in [0.2, 0.25) is 0 Å². The molecule has 0 bridgehead atoms. The molecule has 11 nitrogen and oxygen atoms in total. The Bertz CT molecular complexity index is 1570. The van der Waals surface area contributed by atoms with Crippen LogP contribution in [0.1, 0.15) is 258 Å². The van der Waals surface area contributed by atoms with Gasteiger partial charge in [0.05, 0.1) is 25.4 Å². The summed E-state index contributed by atoms with van der Waals surface area (Å²) in [4.78, 5) is 26.5. The lowest BCUT2D eigenvalue weighted by Crippen LogP contribution is -2.61. The zero-order valence-corrected chi connectivity index (χ0v) is 49.1. The van der Waals surface area contributed by atoms with Crippen molar-refractivity contribution in [1.82, 2.24) is 5.32 Å². The fourth-order valence-electron chi connectivity index (χ4n) is 9.31. The molecule has 77 heavy (non-hydrogen) atoms. The largest absolute Gasteiger partial charge is 0.454 e. The molecule has 1 aliphatic rings. The number of aliphatic hydroxyl groups is 5. The number of esters is 1. The maximum absolute atomic E-state index is 13.4. The highest BCUT2D eigenvalue weighted by atomic mass is 16.7. The number of nitrogens with one attached hydrogen (secondary N) is 1. The molecule has 1 saturated heterocycles. The van der Waals surface area contributed by atoms with E-state index < -0.39 is 67.4 Å². The van der Waals surface area contributed by atoms with E-state index in [1.165, 1.54) is 96.3 Å². The van der Waals surface area contributed by atoms with E-state index in [1.54, 1.807) is 6.08 Å². The van der Waals surface area contributed by atoms with Gasteiger partial charge < -0.3 is 45.1 Å². The molecule has 8 unspecified atom stereocenters. The maximum Gasteiger partial charge on any atom is 0.306 e. The third kappa shape index (κ3) is 41.5. The number of aliphatic hydroxyl groups excluding tert-OH is 5. The number of ether oxygens (including phenoxy) is 3. The molecule has 444 valence electrons. The zero-order valence-electron chi connectivity index (χ0n) is 49.1. The Hall–Kier alpha value is -3.16. The highest BCUT2D eigenvalue weighted by Gasteiger charge is 2.47. The summed E-state index contributed by atoms with van der Waals surface area (Å²) in [5, 5.41) is 56.9. The van der Waals surface area contributed by atoms with E-state index in [4.69, 9.17) is 14.2 Å². The highest BCUT2D eigenvalue weighted by molar-refractivity contribution is 5.80. The van der Waals surface area contributed by atoms with Crippen molar-refractivity contribution in [3.05, 3.63) is 85.1 Å². The van der Waals surface area contributed by atoms with Crippen molar-refractivity contribution < 1.29 is 49.3 Å². The quantitative estimate of drug-likeness (QED) is 0.0195. The second-order valence-corrected chi connectivity index (χ2v) is 21.4. The average Bonchev–Trinajstić information content (AvgIpc) is 3.43. The lowest BCUT2D eigenvalue weighted by atomic mass is 9.99. The van der Waals surface area contributed by atoms with Gasteiger partial charge in [-0.1, -0.05) is 247 Å². The summed E-state index contributed by atoms with van der Waals surface area (Å²) in [5.41, 5.74) is 0. The molecule has 1 amide bonds. The van der Waals surface area contributed by atoms with E-state index in [-0.39, 0.29) is 19.4 Å². The van der Waals surface area contributed by atoms with E-state index in [1.807, 2.05) is 6.08 Å². The topological polar surface area (TPSA) is 175 Å². The van der Waals surface area contributed by atoms with Crippen molar-refractivity contribution in [1.29, 1.82) is 0 Å². The van der Waals surface area contributed by atoms with E-state index >= 15 is 0 Å². The van der Waals surface area contributed by atoms with Gasteiger partial charge in [0.25, 0.3) is 0 Å².